The molecule has 0 spiro atoms. The lowest BCUT2D eigenvalue weighted by Gasteiger charge is -2.20. The van der Waals surface area contributed by atoms with E-state index in [4.69, 9.17) is 5.73 Å². The normalized spacial score (nSPS) is 15.9. The van der Waals surface area contributed by atoms with Gasteiger partial charge in [0.2, 0.25) is 12.3 Å². The van der Waals surface area contributed by atoms with Crippen LogP contribution in [-0.2, 0) is 17.8 Å². The highest BCUT2D eigenvalue weighted by molar-refractivity contribution is 5.93. The van der Waals surface area contributed by atoms with Gasteiger partial charge < -0.3 is 16.4 Å². The minimum atomic E-state index is -0.353. The van der Waals surface area contributed by atoms with E-state index in [-0.39, 0.29) is 5.91 Å². The van der Waals surface area contributed by atoms with E-state index in [1.54, 1.807) is 6.07 Å². The summed E-state index contributed by atoms with van der Waals surface area (Å²) in [4.78, 5) is 20.8. The minimum absolute atomic E-state index is 0.353. The zero-order valence-electron chi connectivity index (χ0n) is 17.1. The third-order valence-corrected chi connectivity index (χ3v) is 4.88. The summed E-state index contributed by atoms with van der Waals surface area (Å²) < 4.78 is 0. The highest BCUT2D eigenvalue weighted by atomic mass is 16.1. The maximum Gasteiger partial charge on any atom is 0.248 e. The van der Waals surface area contributed by atoms with Gasteiger partial charge in [-0.3, -0.25) is 9.59 Å². The molecule has 0 aromatic heterocycles. The second-order valence-electron chi connectivity index (χ2n) is 7.35. The molecule has 1 aromatic rings. The van der Waals surface area contributed by atoms with Crippen LogP contribution in [0.3, 0.4) is 0 Å². The van der Waals surface area contributed by atoms with Gasteiger partial charge in [0.15, 0.2) is 0 Å². The molecule has 5 nitrogen and oxygen atoms in total. The monoisotopic (exact) mass is 375 g/mol. The van der Waals surface area contributed by atoms with Crippen molar-refractivity contribution in [2.45, 2.75) is 71.8 Å². The van der Waals surface area contributed by atoms with E-state index in [0.29, 0.717) is 5.56 Å². The fourth-order valence-electron chi connectivity index (χ4n) is 3.46. The first-order valence-electron chi connectivity index (χ1n) is 10.4. The average Bonchev–Trinajstić information content (AvgIpc) is 2.70. The van der Waals surface area contributed by atoms with Gasteiger partial charge in [-0.1, -0.05) is 58.4 Å². The molecule has 152 valence electrons. The summed E-state index contributed by atoms with van der Waals surface area (Å²) in [5, 5.41) is 5.97. The van der Waals surface area contributed by atoms with E-state index in [2.05, 4.69) is 24.5 Å². The van der Waals surface area contributed by atoms with Gasteiger partial charge in [-0.2, -0.15) is 0 Å². The Bertz CT molecular complexity index is 554. The lowest BCUT2D eigenvalue weighted by atomic mass is 9.87. The van der Waals surface area contributed by atoms with E-state index < -0.39 is 0 Å². The fraction of sp³-hybridized carbons (Fsp3) is 0.636. The van der Waals surface area contributed by atoms with E-state index in [1.165, 1.54) is 56.1 Å². The molecule has 0 radical (unpaired) electrons. The highest BCUT2D eigenvalue weighted by Gasteiger charge is 2.12. The Morgan fingerprint density at radius 2 is 1.93 bits per heavy atom. The lowest BCUT2D eigenvalue weighted by molar-refractivity contribution is -0.109. The molecule has 5 heteroatoms. The van der Waals surface area contributed by atoms with E-state index >= 15 is 0 Å². The Kier molecular flexibility index (Phi) is 12.2. The number of hydrogen-bond acceptors (Lipinski definition) is 3. The smallest absolute Gasteiger partial charge is 0.248 e. The molecule has 1 aliphatic heterocycles. The molecule has 2 aliphatic rings. The van der Waals surface area contributed by atoms with Crippen molar-refractivity contribution in [3.8, 4) is 0 Å². The van der Waals surface area contributed by atoms with Gasteiger partial charge in [0, 0.05) is 18.7 Å². The van der Waals surface area contributed by atoms with Crippen LogP contribution in [0.4, 0.5) is 0 Å². The summed E-state index contributed by atoms with van der Waals surface area (Å²) in [7, 11) is 0. The van der Waals surface area contributed by atoms with Gasteiger partial charge in [-0.15, -0.1) is 0 Å². The van der Waals surface area contributed by atoms with Crippen LogP contribution in [0.1, 0.15) is 80.3 Å². The molecule has 0 bridgehead atoms. The van der Waals surface area contributed by atoms with Crippen LogP contribution in [0.15, 0.2) is 18.2 Å². The Balaban J connectivity index is 0.000000239. The van der Waals surface area contributed by atoms with E-state index in [9.17, 15) is 9.59 Å². The molecule has 1 heterocycles. The summed E-state index contributed by atoms with van der Waals surface area (Å²) in [6.07, 6.45) is 11.2. The molecule has 27 heavy (non-hydrogen) atoms. The number of rotatable bonds is 5. The quantitative estimate of drug-likeness (QED) is 0.543. The molecule has 0 unspecified atom stereocenters. The number of nitrogens with two attached hydrogens (primary N) is 1. The van der Waals surface area contributed by atoms with Gasteiger partial charge in [0.05, 0.1) is 0 Å². The summed E-state index contributed by atoms with van der Waals surface area (Å²) in [5.74, 6) is 0.532. The zero-order chi connectivity index (χ0) is 19.9. The first kappa shape index (κ1) is 23.2. The predicted molar refractivity (Wildman–Crippen MR) is 112 cm³/mol. The topological polar surface area (TPSA) is 84.2 Å². The molecule has 0 saturated heterocycles. The van der Waals surface area contributed by atoms with Crippen molar-refractivity contribution in [3.63, 3.8) is 0 Å². The van der Waals surface area contributed by atoms with Crippen LogP contribution in [0.5, 0.6) is 0 Å². The molecule has 1 aliphatic carbocycles. The van der Waals surface area contributed by atoms with Crippen molar-refractivity contribution < 1.29 is 9.59 Å². The standard InChI is InChI=1S/C10H12N2O.C9H17NO.C3H8/c11-10(13)8-2-1-7-3-4-12-6-9(7)5-8;11-8-10-7-6-9-4-2-1-3-5-9;1-3-2/h1-2,5,12H,3-4,6H2,(H2,11,13);8-9H,1-7H2,(H,10,11);3H2,1-2H3. The fourth-order valence-corrected chi connectivity index (χ4v) is 3.46. The van der Waals surface area contributed by atoms with Crippen molar-refractivity contribution >= 4 is 12.3 Å². The number of carbonyl (C=O) groups excluding carboxylic acids is 2. The lowest BCUT2D eigenvalue weighted by Crippen LogP contribution is -2.24. The first-order valence-corrected chi connectivity index (χ1v) is 10.4. The van der Waals surface area contributed by atoms with Crippen LogP contribution in [0.25, 0.3) is 0 Å². The summed E-state index contributed by atoms with van der Waals surface area (Å²) in [6, 6.07) is 5.67. The second-order valence-corrected chi connectivity index (χ2v) is 7.35. The number of nitrogens with one attached hydrogen (secondary N) is 2. The number of primary amides is 1. The Hall–Kier alpha value is -1.88. The first-order chi connectivity index (χ1) is 13.1. The van der Waals surface area contributed by atoms with E-state index in [0.717, 1.165) is 38.4 Å². The maximum absolute atomic E-state index is 10.9. The molecule has 1 saturated carbocycles. The molecule has 0 atom stereocenters. The van der Waals surface area contributed by atoms with Gasteiger partial charge in [0.25, 0.3) is 0 Å². The minimum Gasteiger partial charge on any atom is -0.366 e. The zero-order valence-corrected chi connectivity index (χ0v) is 17.1. The van der Waals surface area contributed by atoms with Crippen molar-refractivity contribution in [2.75, 3.05) is 13.1 Å². The summed E-state index contributed by atoms with van der Waals surface area (Å²) in [6.45, 7) is 6.98. The SMILES string of the molecule is CCC.NC(=O)c1ccc2c(c1)CNCC2.O=CNCCC1CCCCC1. The average molecular weight is 376 g/mol. The molecule has 1 fully saturated rings. The molecule has 1 aromatic carbocycles. The van der Waals surface area contributed by atoms with Crippen LogP contribution in [0.2, 0.25) is 0 Å². The van der Waals surface area contributed by atoms with Crippen molar-refractivity contribution in [1.29, 1.82) is 0 Å². The predicted octanol–water partition coefficient (Wildman–Crippen LogP) is 3.55. The number of benzene rings is 1. The molecule has 2 amide bonds. The van der Waals surface area contributed by atoms with E-state index in [1.807, 2.05) is 12.1 Å². The number of fused-ring (bicyclic) bond motifs is 1. The van der Waals surface area contributed by atoms with Gasteiger partial charge in [0.1, 0.15) is 0 Å². The third kappa shape index (κ3) is 9.57. The summed E-state index contributed by atoms with van der Waals surface area (Å²) >= 11 is 0. The highest BCUT2D eigenvalue weighted by Crippen LogP contribution is 2.25. The molecule has 4 N–H and O–H groups in total. The second kappa shape index (κ2) is 14.2. The Labute approximate surface area is 164 Å². The van der Waals surface area contributed by atoms with Gasteiger partial charge in [-0.05, 0) is 48.6 Å². The molecular weight excluding hydrogens is 338 g/mol. The number of amides is 2. The largest absolute Gasteiger partial charge is 0.366 e. The van der Waals surface area contributed by atoms with Crippen LogP contribution in [0, 0.1) is 5.92 Å². The van der Waals surface area contributed by atoms with Crippen molar-refractivity contribution in [3.05, 3.63) is 34.9 Å². The number of carbonyl (C=O) groups is 2. The Morgan fingerprint density at radius 1 is 1.22 bits per heavy atom. The number of hydrogen-bond donors (Lipinski definition) is 3. The van der Waals surface area contributed by atoms with Crippen LogP contribution < -0.4 is 16.4 Å². The van der Waals surface area contributed by atoms with Crippen molar-refractivity contribution in [2.24, 2.45) is 11.7 Å². The Morgan fingerprint density at radius 3 is 2.56 bits per heavy atom. The molecular formula is C22H37N3O2. The van der Waals surface area contributed by atoms with Crippen molar-refractivity contribution in [1.82, 2.24) is 10.6 Å². The van der Waals surface area contributed by atoms with Gasteiger partial charge >= 0.3 is 0 Å². The maximum atomic E-state index is 10.9. The summed E-state index contributed by atoms with van der Waals surface area (Å²) in [5.41, 5.74) is 8.31. The van der Waals surface area contributed by atoms with Crippen LogP contribution >= 0.6 is 0 Å². The van der Waals surface area contributed by atoms with Gasteiger partial charge in [-0.25, -0.2) is 0 Å². The van der Waals surface area contributed by atoms with Crippen LogP contribution in [-0.4, -0.2) is 25.4 Å². The third-order valence-electron chi connectivity index (χ3n) is 4.88. The molecule has 3 rings (SSSR count).